The van der Waals surface area contributed by atoms with Crippen molar-refractivity contribution in [2.24, 2.45) is 0 Å². The van der Waals surface area contributed by atoms with Gasteiger partial charge in [0.15, 0.2) is 0 Å². The van der Waals surface area contributed by atoms with Crippen LogP contribution in [-0.2, 0) is 0 Å². The molecule has 26 heavy (non-hydrogen) atoms. The van der Waals surface area contributed by atoms with E-state index in [0.29, 0.717) is 6.04 Å². The molecule has 1 heterocycles. The summed E-state index contributed by atoms with van der Waals surface area (Å²) in [6.07, 6.45) is 4.23. The third-order valence-electron chi connectivity index (χ3n) is 4.49. The number of aromatic nitrogens is 2. The van der Waals surface area contributed by atoms with Gasteiger partial charge in [-0.15, -0.1) is 0 Å². The van der Waals surface area contributed by atoms with Crippen molar-refractivity contribution in [3.8, 4) is 5.75 Å². The highest BCUT2D eigenvalue weighted by atomic mass is 35.5. The molecule has 3 rings (SSSR count). The molecule has 0 bridgehead atoms. The number of likely N-dealkylation sites (N-methyl/N-ethyl adjacent to an activating group) is 1. The van der Waals surface area contributed by atoms with Crippen molar-refractivity contribution in [2.75, 3.05) is 32.1 Å². The molecule has 1 aliphatic carbocycles. The number of rotatable bonds is 8. The van der Waals surface area contributed by atoms with E-state index in [0.717, 1.165) is 24.7 Å². The van der Waals surface area contributed by atoms with Crippen LogP contribution in [-0.4, -0.2) is 47.6 Å². The van der Waals surface area contributed by atoms with Crippen LogP contribution in [0.2, 0.25) is 5.28 Å². The van der Waals surface area contributed by atoms with E-state index in [2.05, 4.69) is 45.2 Å². The summed E-state index contributed by atoms with van der Waals surface area (Å²) in [5.41, 5.74) is 2.52. The molecule has 5 nitrogen and oxygen atoms in total. The Morgan fingerprint density at radius 2 is 1.92 bits per heavy atom. The van der Waals surface area contributed by atoms with Crippen LogP contribution in [0.4, 0.5) is 5.82 Å². The minimum atomic E-state index is 0.284. The number of aryl methyl sites for hydroxylation is 2. The number of ether oxygens (including phenoxy) is 1. The average Bonchev–Trinajstić information content (AvgIpc) is 3.45. The lowest BCUT2D eigenvalue weighted by atomic mass is 10.1. The number of methoxy groups -OCH3 is 1. The van der Waals surface area contributed by atoms with Gasteiger partial charge in [-0.3, -0.25) is 0 Å². The second-order valence-electron chi connectivity index (χ2n) is 6.66. The quantitative estimate of drug-likeness (QED) is 0.491. The molecule has 0 amide bonds. The van der Waals surface area contributed by atoms with Gasteiger partial charge in [-0.1, -0.05) is 0 Å². The van der Waals surface area contributed by atoms with Crippen molar-refractivity contribution >= 4 is 29.4 Å². The highest BCUT2D eigenvalue weighted by molar-refractivity contribution is 7.97. The Kier molecular flexibility index (Phi) is 6.27. The fourth-order valence-electron chi connectivity index (χ4n) is 2.86. The van der Waals surface area contributed by atoms with Crippen molar-refractivity contribution in [1.29, 1.82) is 0 Å². The summed E-state index contributed by atoms with van der Waals surface area (Å²) >= 11 is 7.77. The molecule has 1 aromatic heterocycles. The lowest BCUT2D eigenvalue weighted by molar-refractivity contribution is 0.413. The van der Waals surface area contributed by atoms with Gasteiger partial charge in [-0.25, -0.2) is 14.3 Å². The van der Waals surface area contributed by atoms with Crippen molar-refractivity contribution < 1.29 is 4.74 Å². The van der Waals surface area contributed by atoms with E-state index in [-0.39, 0.29) is 5.28 Å². The van der Waals surface area contributed by atoms with E-state index in [1.807, 2.05) is 25.1 Å². The largest absolute Gasteiger partial charge is 0.497 e. The smallest absolute Gasteiger partial charge is 0.224 e. The Labute approximate surface area is 164 Å². The Morgan fingerprint density at radius 3 is 2.50 bits per heavy atom. The first kappa shape index (κ1) is 19.3. The Balaban J connectivity index is 1.67. The van der Waals surface area contributed by atoms with Gasteiger partial charge in [-0.2, -0.15) is 0 Å². The minimum absolute atomic E-state index is 0.284. The maximum atomic E-state index is 5.91. The lowest BCUT2D eigenvalue weighted by Gasteiger charge is -2.26. The molecule has 2 aromatic rings. The first-order chi connectivity index (χ1) is 12.5. The molecular weight excluding hydrogens is 368 g/mol. The zero-order valence-electron chi connectivity index (χ0n) is 15.7. The lowest BCUT2D eigenvalue weighted by Crippen LogP contribution is -2.31. The third kappa shape index (κ3) is 4.81. The average molecular weight is 393 g/mol. The fourth-order valence-corrected chi connectivity index (χ4v) is 4.17. The van der Waals surface area contributed by atoms with Crippen LogP contribution in [0.15, 0.2) is 29.3 Å². The van der Waals surface area contributed by atoms with Crippen molar-refractivity contribution in [3.63, 3.8) is 0 Å². The summed E-state index contributed by atoms with van der Waals surface area (Å²) < 4.78 is 7.88. The van der Waals surface area contributed by atoms with Gasteiger partial charge >= 0.3 is 0 Å². The summed E-state index contributed by atoms with van der Waals surface area (Å²) in [6.45, 7) is 6.14. The van der Waals surface area contributed by atoms with E-state index < -0.39 is 0 Å². The molecule has 0 atom stereocenters. The number of hydrogen-bond acceptors (Lipinski definition) is 6. The number of halogens is 1. The first-order valence-electron chi connectivity index (χ1n) is 8.77. The first-order valence-corrected chi connectivity index (χ1v) is 9.92. The molecule has 1 saturated carbocycles. The zero-order chi connectivity index (χ0) is 18.7. The molecule has 1 aliphatic rings. The fraction of sp³-hybridized carbons (Fsp3) is 0.474. The summed E-state index contributed by atoms with van der Waals surface area (Å²) in [7, 11) is 3.76. The molecule has 140 valence electrons. The predicted octanol–water partition coefficient (Wildman–Crippen LogP) is 4.36. The van der Waals surface area contributed by atoms with E-state index in [1.54, 1.807) is 13.3 Å². The van der Waals surface area contributed by atoms with Crippen molar-refractivity contribution in [2.45, 2.75) is 37.6 Å². The number of anilines is 1. The van der Waals surface area contributed by atoms with Crippen LogP contribution in [0.1, 0.15) is 24.0 Å². The van der Waals surface area contributed by atoms with Gasteiger partial charge < -0.3 is 9.64 Å². The number of nitrogens with zero attached hydrogens (tertiary/aromatic N) is 4. The standard InChI is InChI=1S/C19H25ClN4OS/c1-13-11-16(25-4)12-14(2)18(13)26-24(15-5-6-15)10-9-23(3)17-7-8-21-19(20)22-17/h7-8,11-12,15H,5-6,9-10H2,1-4H3. The molecule has 0 radical (unpaired) electrons. The molecular formula is C19H25ClN4OS. The molecule has 0 unspecified atom stereocenters. The molecule has 0 saturated heterocycles. The molecule has 7 heteroatoms. The minimum Gasteiger partial charge on any atom is -0.497 e. The SMILES string of the molecule is COc1cc(C)c(SN(CCN(C)c2ccnc(Cl)n2)C2CC2)c(C)c1. The van der Waals surface area contributed by atoms with Crippen LogP contribution in [0.25, 0.3) is 0 Å². The van der Waals surface area contributed by atoms with Crippen LogP contribution < -0.4 is 9.64 Å². The van der Waals surface area contributed by atoms with Crippen LogP contribution in [0.5, 0.6) is 5.75 Å². The molecule has 0 N–H and O–H groups in total. The van der Waals surface area contributed by atoms with E-state index in [1.165, 1.54) is 28.9 Å². The van der Waals surface area contributed by atoms with Crippen LogP contribution in [0.3, 0.4) is 0 Å². The second kappa shape index (κ2) is 8.46. The van der Waals surface area contributed by atoms with Gasteiger partial charge in [0, 0.05) is 37.3 Å². The number of benzene rings is 1. The Bertz CT molecular complexity index is 746. The maximum Gasteiger partial charge on any atom is 0.224 e. The Morgan fingerprint density at radius 1 is 1.23 bits per heavy atom. The van der Waals surface area contributed by atoms with Crippen molar-refractivity contribution in [3.05, 3.63) is 40.8 Å². The van der Waals surface area contributed by atoms with E-state index >= 15 is 0 Å². The second-order valence-corrected chi connectivity index (χ2v) is 8.06. The third-order valence-corrected chi connectivity index (χ3v) is 6.21. The molecule has 0 spiro atoms. The molecule has 1 aromatic carbocycles. The highest BCUT2D eigenvalue weighted by Gasteiger charge is 2.30. The predicted molar refractivity (Wildman–Crippen MR) is 108 cm³/mol. The summed E-state index contributed by atoms with van der Waals surface area (Å²) in [4.78, 5) is 11.7. The topological polar surface area (TPSA) is 41.5 Å². The van der Waals surface area contributed by atoms with Crippen LogP contribution in [0, 0.1) is 13.8 Å². The summed E-state index contributed by atoms with van der Waals surface area (Å²) in [5.74, 6) is 1.77. The van der Waals surface area contributed by atoms with E-state index in [9.17, 15) is 0 Å². The monoisotopic (exact) mass is 392 g/mol. The van der Waals surface area contributed by atoms with Gasteiger partial charge in [-0.05, 0) is 79.6 Å². The summed E-state index contributed by atoms with van der Waals surface area (Å²) in [6, 6.07) is 6.76. The summed E-state index contributed by atoms with van der Waals surface area (Å²) in [5, 5.41) is 0.284. The molecule has 1 fully saturated rings. The van der Waals surface area contributed by atoms with Gasteiger partial charge in [0.25, 0.3) is 0 Å². The number of hydrogen-bond donors (Lipinski definition) is 0. The maximum absolute atomic E-state index is 5.91. The zero-order valence-corrected chi connectivity index (χ0v) is 17.3. The molecule has 0 aliphatic heterocycles. The van der Waals surface area contributed by atoms with Gasteiger partial charge in [0.2, 0.25) is 5.28 Å². The van der Waals surface area contributed by atoms with Crippen molar-refractivity contribution in [1.82, 2.24) is 14.3 Å². The van der Waals surface area contributed by atoms with E-state index in [4.69, 9.17) is 16.3 Å². The van der Waals surface area contributed by atoms with Gasteiger partial charge in [0.05, 0.1) is 7.11 Å². The van der Waals surface area contributed by atoms with Crippen LogP contribution >= 0.6 is 23.5 Å². The van der Waals surface area contributed by atoms with Gasteiger partial charge in [0.1, 0.15) is 11.6 Å². The Hall–Kier alpha value is -1.50. The highest BCUT2D eigenvalue weighted by Crippen LogP contribution is 2.39. The normalized spacial score (nSPS) is 13.9.